The SMILES string of the molecule is Br.C[SH](C)CC[C@H](N)C(=O)O. The molecule has 0 heterocycles. The molecule has 70 valence electrons. The normalized spacial score (nSPS) is 13.2. The molecule has 5 heteroatoms. The predicted octanol–water partition coefficient (Wildman–Crippen LogP) is 0.627. The maximum Gasteiger partial charge on any atom is 0.320 e. The van der Waals surface area contributed by atoms with Gasteiger partial charge in [0.1, 0.15) is 6.04 Å². The largest absolute Gasteiger partial charge is 0.480 e. The first-order valence-corrected chi connectivity index (χ1v) is 5.59. The molecule has 0 radical (unpaired) electrons. The molecule has 0 aromatic carbocycles. The van der Waals surface area contributed by atoms with Crippen LogP contribution >= 0.6 is 27.9 Å². The van der Waals surface area contributed by atoms with Crippen LogP contribution in [0.1, 0.15) is 6.42 Å². The Hall–Kier alpha value is 0.260. The topological polar surface area (TPSA) is 63.3 Å². The molecule has 0 aromatic heterocycles. The number of thiol groups is 1. The van der Waals surface area contributed by atoms with Crippen molar-refractivity contribution in [3.63, 3.8) is 0 Å². The van der Waals surface area contributed by atoms with E-state index in [4.69, 9.17) is 10.8 Å². The Morgan fingerprint density at radius 1 is 1.64 bits per heavy atom. The summed E-state index contributed by atoms with van der Waals surface area (Å²) in [4.78, 5) is 10.2. The number of nitrogens with two attached hydrogens (primary N) is 1. The first-order valence-electron chi connectivity index (χ1n) is 3.17. The Kier molecular flexibility index (Phi) is 8.72. The smallest absolute Gasteiger partial charge is 0.320 e. The van der Waals surface area contributed by atoms with Crippen LogP contribution in [0.5, 0.6) is 0 Å². The molecule has 0 spiro atoms. The van der Waals surface area contributed by atoms with Gasteiger partial charge in [0.2, 0.25) is 0 Å². The molecule has 3 N–H and O–H groups in total. The predicted molar refractivity (Wildman–Crippen MR) is 56.3 cm³/mol. The molecular weight excluding hydrogens is 230 g/mol. The standard InChI is InChI=1S/C6H15NO2S.BrH/c1-10(2)4-3-5(7)6(8)9;/h5,10H,3-4,7H2,1-2H3,(H,8,9);1H/t5-;/m0./s1. The van der Waals surface area contributed by atoms with Crippen molar-refractivity contribution in [3.8, 4) is 0 Å². The van der Waals surface area contributed by atoms with Gasteiger partial charge in [0.05, 0.1) is 0 Å². The molecule has 0 aliphatic rings. The lowest BCUT2D eigenvalue weighted by Crippen LogP contribution is -2.30. The first-order chi connectivity index (χ1) is 4.54. The number of carboxylic acids is 1. The Balaban J connectivity index is 0. The van der Waals surface area contributed by atoms with E-state index in [2.05, 4.69) is 12.5 Å². The minimum atomic E-state index is -0.892. The average Bonchev–Trinajstić information content (AvgIpc) is 1.82. The lowest BCUT2D eigenvalue weighted by atomic mass is 10.2. The highest BCUT2D eigenvalue weighted by Gasteiger charge is 2.09. The fraction of sp³-hybridized carbons (Fsp3) is 0.833. The Labute approximate surface area is 80.5 Å². The van der Waals surface area contributed by atoms with Gasteiger partial charge in [0.15, 0.2) is 0 Å². The maximum absolute atomic E-state index is 10.2. The molecular formula is C6H16BrNO2S. The second kappa shape index (κ2) is 6.94. The van der Waals surface area contributed by atoms with Crippen molar-refractivity contribution in [3.05, 3.63) is 0 Å². The van der Waals surface area contributed by atoms with Crippen molar-refractivity contribution in [1.29, 1.82) is 0 Å². The van der Waals surface area contributed by atoms with E-state index in [1.54, 1.807) is 0 Å². The van der Waals surface area contributed by atoms with Gasteiger partial charge < -0.3 is 10.8 Å². The minimum Gasteiger partial charge on any atom is -0.480 e. The van der Waals surface area contributed by atoms with Crippen molar-refractivity contribution in [1.82, 2.24) is 0 Å². The molecule has 3 nitrogen and oxygen atoms in total. The molecule has 0 saturated carbocycles. The van der Waals surface area contributed by atoms with E-state index in [0.29, 0.717) is 6.42 Å². The fourth-order valence-corrected chi connectivity index (χ4v) is 1.32. The van der Waals surface area contributed by atoms with Crippen LogP contribution in [0.2, 0.25) is 0 Å². The molecule has 0 saturated heterocycles. The molecule has 0 aliphatic heterocycles. The molecule has 0 unspecified atom stereocenters. The van der Waals surface area contributed by atoms with Crippen LogP contribution in [0.4, 0.5) is 0 Å². The Morgan fingerprint density at radius 2 is 2.09 bits per heavy atom. The summed E-state index contributed by atoms with van der Waals surface area (Å²) in [6.07, 6.45) is 4.84. The van der Waals surface area contributed by atoms with E-state index in [9.17, 15) is 4.79 Å². The zero-order valence-electron chi connectivity index (χ0n) is 6.78. The molecule has 0 bridgehead atoms. The summed E-state index contributed by atoms with van der Waals surface area (Å²) in [5, 5.41) is 8.38. The third-order valence-corrected chi connectivity index (χ3v) is 2.36. The van der Waals surface area contributed by atoms with Crippen molar-refractivity contribution in [2.75, 3.05) is 18.3 Å². The monoisotopic (exact) mass is 245 g/mol. The van der Waals surface area contributed by atoms with Crippen LogP contribution in [0.25, 0.3) is 0 Å². The molecule has 11 heavy (non-hydrogen) atoms. The van der Waals surface area contributed by atoms with E-state index in [1.807, 2.05) is 0 Å². The minimum absolute atomic E-state index is 0. The van der Waals surface area contributed by atoms with Gasteiger partial charge in [-0.2, -0.15) is 0 Å². The van der Waals surface area contributed by atoms with Gasteiger partial charge >= 0.3 is 5.97 Å². The van der Waals surface area contributed by atoms with Gasteiger partial charge in [-0.25, -0.2) is 0 Å². The number of hydrogen-bond acceptors (Lipinski definition) is 2. The van der Waals surface area contributed by atoms with Crippen molar-refractivity contribution >= 4 is 33.8 Å². The Bertz CT molecular complexity index is 121. The molecule has 0 fully saturated rings. The number of halogens is 1. The highest BCUT2D eigenvalue weighted by Crippen LogP contribution is 2.14. The van der Waals surface area contributed by atoms with Gasteiger partial charge in [-0.05, 0) is 24.7 Å². The highest BCUT2D eigenvalue weighted by atomic mass is 79.9. The number of carbonyl (C=O) groups is 1. The molecule has 0 aliphatic carbocycles. The maximum atomic E-state index is 10.2. The van der Waals surface area contributed by atoms with Crippen LogP contribution < -0.4 is 5.73 Å². The number of rotatable bonds is 4. The zero-order valence-corrected chi connectivity index (χ0v) is 9.39. The third kappa shape index (κ3) is 8.16. The number of aliphatic carboxylic acids is 1. The summed E-state index contributed by atoms with van der Waals surface area (Å²) in [6.45, 7) is 0. The summed E-state index contributed by atoms with van der Waals surface area (Å²) in [5.41, 5.74) is 5.28. The number of hydrogen-bond donors (Lipinski definition) is 3. The highest BCUT2D eigenvalue weighted by molar-refractivity contribution is 8.93. The summed E-state index contributed by atoms with van der Waals surface area (Å²) in [6, 6.07) is -0.662. The quantitative estimate of drug-likeness (QED) is 0.637. The van der Waals surface area contributed by atoms with Crippen LogP contribution in [0, 0.1) is 0 Å². The fourth-order valence-electron chi connectivity index (χ4n) is 0.521. The second-order valence-corrected chi connectivity index (χ2v) is 5.14. The van der Waals surface area contributed by atoms with E-state index in [0.717, 1.165) is 5.75 Å². The lowest BCUT2D eigenvalue weighted by molar-refractivity contribution is -0.138. The summed E-state index contributed by atoms with van der Waals surface area (Å²) < 4.78 is 0. The average molecular weight is 246 g/mol. The number of carboxylic acid groups (broad SMARTS) is 1. The van der Waals surface area contributed by atoms with Gasteiger partial charge in [0.25, 0.3) is 0 Å². The van der Waals surface area contributed by atoms with Crippen LogP contribution in [0.3, 0.4) is 0 Å². The van der Waals surface area contributed by atoms with E-state index >= 15 is 0 Å². The van der Waals surface area contributed by atoms with Gasteiger partial charge in [-0.1, -0.05) is 0 Å². The van der Waals surface area contributed by atoms with Crippen molar-refractivity contribution in [2.45, 2.75) is 12.5 Å². The van der Waals surface area contributed by atoms with E-state index < -0.39 is 12.0 Å². The van der Waals surface area contributed by atoms with Crippen LogP contribution in [0.15, 0.2) is 0 Å². The molecule has 1 atom stereocenters. The van der Waals surface area contributed by atoms with Crippen molar-refractivity contribution in [2.24, 2.45) is 5.73 Å². The van der Waals surface area contributed by atoms with E-state index in [-0.39, 0.29) is 27.9 Å². The molecule has 0 aromatic rings. The summed E-state index contributed by atoms with van der Waals surface area (Å²) >= 11 is 0. The van der Waals surface area contributed by atoms with Crippen LogP contribution in [-0.2, 0) is 4.79 Å². The van der Waals surface area contributed by atoms with Gasteiger partial charge in [-0.3, -0.25) is 15.7 Å². The first kappa shape index (κ1) is 13.8. The molecule has 0 amide bonds. The zero-order chi connectivity index (χ0) is 8.15. The van der Waals surface area contributed by atoms with Gasteiger partial charge in [0, 0.05) is 0 Å². The second-order valence-electron chi connectivity index (χ2n) is 2.54. The van der Waals surface area contributed by atoms with Crippen molar-refractivity contribution < 1.29 is 9.90 Å². The Morgan fingerprint density at radius 3 is 2.36 bits per heavy atom. The molecule has 0 rings (SSSR count). The third-order valence-electron chi connectivity index (χ3n) is 1.20. The van der Waals surface area contributed by atoms with E-state index in [1.165, 1.54) is 0 Å². The summed E-state index contributed by atoms with van der Waals surface area (Å²) in [5.74, 6) is 0.0554. The lowest BCUT2D eigenvalue weighted by Gasteiger charge is -2.10. The van der Waals surface area contributed by atoms with Crippen LogP contribution in [-0.4, -0.2) is 35.4 Å². The summed E-state index contributed by atoms with van der Waals surface area (Å²) in [7, 11) is -0.00108. The van der Waals surface area contributed by atoms with Gasteiger partial charge in [-0.15, -0.1) is 17.0 Å².